The summed E-state index contributed by atoms with van der Waals surface area (Å²) in [7, 11) is 4.64. The van der Waals surface area contributed by atoms with Gasteiger partial charge in [-0.2, -0.15) is 0 Å². The molecule has 2 aromatic carbocycles. The maximum absolute atomic E-state index is 15.3. The number of pyridine rings is 1. The molecule has 0 atom stereocenters. The van der Waals surface area contributed by atoms with Crippen LogP contribution in [0.2, 0.25) is 0 Å². The molecule has 1 aromatic heterocycles. The van der Waals surface area contributed by atoms with Gasteiger partial charge in [-0.25, -0.2) is 4.39 Å². The van der Waals surface area contributed by atoms with Gasteiger partial charge in [-0.3, -0.25) is 14.6 Å². The van der Waals surface area contributed by atoms with E-state index in [1.807, 2.05) is 0 Å². The normalized spacial score (nSPS) is 11.9. The zero-order valence-electron chi connectivity index (χ0n) is 21.2. The monoisotopic (exact) mass is 585 g/mol. The van der Waals surface area contributed by atoms with Gasteiger partial charge in [0.1, 0.15) is 46.3 Å². The van der Waals surface area contributed by atoms with Crippen LogP contribution in [0.5, 0.6) is 28.7 Å². The maximum atomic E-state index is 15.3. The minimum atomic E-state index is -5.33. The van der Waals surface area contributed by atoms with Crippen molar-refractivity contribution in [2.45, 2.75) is 18.0 Å². The van der Waals surface area contributed by atoms with E-state index in [1.54, 1.807) is 23.5 Å². The lowest BCUT2D eigenvalue weighted by atomic mass is 9.52. The van der Waals surface area contributed by atoms with Gasteiger partial charge in [0.15, 0.2) is 23.1 Å². The predicted molar refractivity (Wildman–Crippen MR) is 136 cm³/mol. The van der Waals surface area contributed by atoms with Gasteiger partial charge >= 0.3 is 12.7 Å². The molecule has 0 fully saturated rings. The fourth-order valence-electron chi connectivity index (χ4n) is 3.17. The number of aromatic nitrogens is 1. The number of alkyl halides is 6. The molecule has 19 heteroatoms. The average Bonchev–Trinajstić information content (AvgIpc) is 2.80. The Bertz CT molecular complexity index is 1470. The fraction of sp³-hybridized carbons (Fsp3) is 0.136. The van der Waals surface area contributed by atoms with Crippen LogP contribution in [0, 0.1) is 5.82 Å². The van der Waals surface area contributed by atoms with E-state index in [2.05, 4.69) is 19.8 Å². The third-order valence-corrected chi connectivity index (χ3v) is 4.58. The lowest BCUT2D eigenvalue weighted by Crippen LogP contribution is -2.37. The van der Waals surface area contributed by atoms with E-state index in [9.17, 15) is 35.9 Å². The molecule has 1 heterocycles. The summed E-state index contributed by atoms with van der Waals surface area (Å²) in [5, 5.41) is 1.17. The van der Waals surface area contributed by atoms with Crippen LogP contribution in [0.3, 0.4) is 0 Å². The van der Waals surface area contributed by atoms with Crippen LogP contribution in [-0.2, 0) is 0 Å². The third kappa shape index (κ3) is 8.98. The van der Waals surface area contributed by atoms with Crippen molar-refractivity contribution >= 4 is 41.0 Å². The van der Waals surface area contributed by atoms with E-state index in [0.717, 1.165) is 36.5 Å². The number of hydrogen-bond acceptors (Lipinski definition) is 7. The molecule has 0 unspecified atom stereocenters. The molecule has 3 N–H and O–H groups in total. The second kappa shape index (κ2) is 11.5. The van der Waals surface area contributed by atoms with Gasteiger partial charge in [0, 0.05) is 23.2 Å². The molecule has 0 spiro atoms. The molecule has 0 radical (unpaired) electrons. The zero-order chi connectivity index (χ0) is 30.8. The number of primary amides is 1. The van der Waals surface area contributed by atoms with E-state index >= 15 is 4.39 Å². The Morgan fingerprint density at radius 3 is 2.00 bits per heavy atom. The molecule has 41 heavy (non-hydrogen) atoms. The number of anilines is 1. The van der Waals surface area contributed by atoms with Crippen molar-refractivity contribution in [2.75, 3.05) is 5.32 Å². The number of ether oxygens (including phenoxy) is 4. The van der Waals surface area contributed by atoms with Gasteiger partial charge in [-0.15, -0.1) is 26.3 Å². The number of nitrogens with one attached hydrogen (secondary N) is 1. The number of benzene rings is 2. The average molecular weight is 585 g/mol. The fourth-order valence-corrected chi connectivity index (χ4v) is 3.17. The molecule has 0 saturated heterocycles. The molecule has 9 nitrogen and oxygen atoms in total. The van der Waals surface area contributed by atoms with Crippen LogP contribution >= 0.6 is 0 Å². The lowest BCUT2D eigenvalue weighted by Gasteiger charge is -2.24. The SMILES string of the molecule is BC(B)(B)Oc1cc(OC(F)(F)F)ccc1Oc1ccc(OC(F)(F)F)c(F)c1C(=O)Nc1ccnc(C(N)=O)c1. The molecule has 0 saturated carbocycles. The standard InChI is InChI=1S/C22H17B3F7N3O6/c23-20(24,25)40-15-8-10(39-21(27,28)29)1-2-12(15)38-13-3-4-14(41-22(30,31)32)17(26)16(13)19(37)35-9-5-6-34-11(7-9)18(33)36/h1-8H,23-25H2,(H2,33,36)(H,34,35,37). The van der Waals surface area contributed by atoms with Gasteiger partial charge in [-0.1, -0.05) is 0 Å². The highest BCUT2D eigenvalue weighted by Crippen LogP contribution is 2.40. The second-order valence-corrected chi connectivity index (χ2v) is 9.02. The van der Waals surface area contributed by atoms with Gasteiger partial charge in [0.25, 0.3) is 11.8 Å². The summed E-state index contributed by atoms with van der Waals surface area (Å²) >= 11 is 0. The quantitative estimate of drug-likeness (QED) is 0.292. The number of nitrogens with zero attached hydrogens (tertiary/aromatic N) is 1. The highest BCUT2D eigenvalue weighted by molar-refractivity contribution is 6.58. The first kappa shape index (κ1) is 31.0. The summed E-state index contributed by atoms with van der Waals surface area (Å²) in [6, 6.07) is 6.08. The van der Waals surface area contributed by atoms with Gasteiger partial charge in [0.2, 0.25) is 0 Å². The highest BCUT2D eigenvalue weighted by atomic mass is 19.4. The van der Waals surface area contributed by atoms with Gasteiger partial charge < -0.3 is 30.0 Å². The van der Waals surface area contributed by atoms with Crippen LogP contribution in [0.25, 0.3) is 0 Å². The van der Waals surface area contributed by atoms with Gasteiger partial charge in [-0.05, 0) is 36.4 Å². The number of carbonyl (C=O) groups is 2. The van der Waals surface area contributed by atoms with Crippen LogP contribution in [0.15, 0.2) is 48.7 Å². The highest BCUT2D eigenvalue weighted by Gasteiger charge is 2.35. The summed E-state index contributed by atoms with van der Waals surface area (Å²) in [6.45, 7) is 0. The van der Waals surface area contributed by atoms with Crippen molar-refractivity contribution in [3.8, 4) is 28.7 Å². The van der Waals surface area contributed by atoms with E-state index in [-0.39, 0.29) is 22.9 Å². The summed E-state index contributed by atoms with van der Waals surface area (Å²) < 4.78 is 111. The molecule has 0 aliphatic carbocycles. The summed E-state index contributed by atoms with van der Waals surface area (Å²) in [5.74, 6) is -7.59. The van der Waals surface area contributed by atoms with Crippen LogP contribution in [-0.4, -0.2) is 58.4 Å². The molecule has 0 bridgehead atoms. The summed E-state index contributed by atoms with van der Waals surface area (Å²) in [4.78, 5) is 28.1. The molecule has 3 aromatic rings. The van der Waals surface area contributed by atoms with Crippen LogP contribution in [0.4, 0.5) is 36.4 Å². The number of hydrogen-bond donors (Lipinski definition) is 2. The first-order valence-corrected chi connectivity index (χ1v) is 11.2. The van der Waals surface area contributed by atoms with Gasteiger partial charge in [0.05, 0.1) is 0 Å². The van der Waals surface area contributed by atoms with E-state index < -0.39 is 58.5 Å². The Morgan fingerprint density at radius 1 is 0.805 bits per heavy atom. The first-order chi connectivity index (χ1) is 18.8. The Hall–Kier alpha value is -4.57. The van der Waals surface area contributed by atoms with Crippen molar-refractivity contribution in [3.05, 3.63) is 65.7 Å². The van der Waals surface area contributed by atoms with E-state index in [0.29, 0.717) is 6.07 Å². The smallest absolute Gasteiger partial charge is 0.510 e. The van der Waals surface area contributed by atoms with Crippen molar-refractivity contribution in [2.24, 2.45) is 5.73 Å². The molecule has 214 valence electrons. The minimum absolute atomic E-state index is 0.142. The lowest BCUT2D eigenvalue weighted by molar-refractivity contribution is -0.276. The Morgan fingerprint density at radius 2 is 1.41 bits per heavy atom. The third-order valence-electron chi connectivity index (χ3n) is 4.58. The summed E-state index contributed by atoms with van der Waals surface area (Å²) in [6.07, 6.45) is -9.31. The van der Waals surface area contributed by atoms with Crippen molar-refractivity contribution < 1.29 is 59.3 Å². The first-order valence-electron chi connectivity index (χ1n) is 11.2. The molecule has 2 amide bonds. The number of nitrogens with two attached hydrogens (primary N) is 1. The molecule has 0 aliphatic rings. The summed E-state index contributed by atoms with van der Waals surface area (Å²) in [5.41, 5.74) is 3.61. The van der Waals surface area contributed by atoms with Crippen molar-refractivity contribution in [3.63, 3.8) is 0 Å². The number of halogens is 7. The Kier molecular flexibility index (Phi) is 8.69. The molecular weight excluding hydrogens is 568 g/mol. The topological polar surface area (TPSA) is 122 Å². The second-order valence-electron chi connectivity index (χ2n) is 9.02. The minimum Gasteiger partial charge on any atom is -0.510 e. The van der Waals surface area contributed by atoms with Crippen LogP contribution < -0.4 is 30.0 Å². The predicted octanol–water partition coefficient (Wildman–Crippen LogP) is 2.05. The number of carbonyl (C=O) groups excluding carboxylic acids is 2. The maximum Gasteiger partial charge on any atom is 0.573 e. The van der Waals surface area contributed by atoms with E-state index in [4.69, 9.17) is 15.2 Å². The number of amides is 2. The largest absolute Gasteiger partial charge is 0.573 e. The van der Waals surface area contributed by atoms with Crippen molar-refractivity contribution in [1.82, 2.24) is 4.98 Å². The molecular formula is C22H17B3F7N3O6. The van der Waals surface area contributed by atoms with Crippen LogP contribution in [0.1, 0.15) is 20.8 Å². The Balaban J connectivity index is 2.10. The molecule has 0 aliphatic heterocycles. The molecule has 3 rings (SSSR count). The zero-order valence-corrected chi connectivity index (χ0v) is 21.2. The van der Waals surface area contributed by atoms with Crippen molar-refractivity contribution in [1.29, 1.82) is 0 Å². The Labute approximate surface area is 229 Å². The number of rotatable bonds is 9. The van der Waals surface area contributed by atoms with E-state index in [1.165, 1.54) is 6.07 Å².